The van der Waals surface area contributed by atoms with E-state index in [0.717, 1.165) is 27.5 Å². The van der Waals surface area contributed by atoms with Gasteiger partial charge in [-0.1, -0.05) is 35.9 Å². The summed E-state index contributed by atoms with van der Waals surface area (Å²) < 4.78 is 26.8. The van der Waals surface area contributed by atoms with Crippen LogP contribution >= 0.6 is 11.3 Å². The maximum absolute atomic E-state index is 12.6. The third-order valence-corrected chi connectivity index (χ3v) is 7.31. The van der Waals surface area contributed by atoms with Gasteiger partial charge >= 0.3 is 0 Å². The van der Waals surface area contributed by atoms with Crippen molar-refractivity contribution in [1.82, 2.24) is 14.5 Å². The summed E-state index contributed by atoms with van der Waals surface area (Å²) in [5.41, 5.74) is 2.87. The molecule has 0 radical (unpaired) electrons. The van der Waals surface area contributed by atoms with E-state index in [4.69, 9.17) is 0 Å². The van der Waals surface area contributed by atoms with Crippen molar-refractivity contribution in [2.24, 2.45) is 0 Å². The van der Waals surface area contributed by atoms with Crippen LogP contribution in [0.15, 0.2) is 59.3 Å². The zero-order valence-electron chi connectivity index (χ0n) is 16.1. The SMILES string of the molecule is Cc1ccc(C=CS(=O)(=O)N2CCN(c3ccc(-c4cccs4)nn3)CC2)cc1. The molecule has 29 heavy (non-hydrogen) atoms. The maximum atomic E-state index is 12.6. The molecule has 1 aliphatic rings. The van der Waals surface area contributed by atoms with Gasteiger partial charge in [0.1, 0.15) is 5.69 Å². The van der Waals surface area contributed by atoms with Gasteiger partial charge in [0, 0.05) is 31.6 Å². The molecule has 0 amide bonds. The summed E-state index contributed by atoms with van der Waals surface area (Å²) in [4.78, 5) is 3.15. The second-order valence-electron chi connectivity index (χ2n) is 6.90. The van der Waals surface area contributed by atoms with E-state index in [-0.39, 0.29) is 0 Å². The second kappa shape index (κ2) is 8.44. The van der Waals surface area contributed by atoms with E-state index < -0.39 is 10.0 Å². The number of rotatable bonds is 5. The van der Waals surface area contributed by atoms with Gasteiger partial charge in [-0.3, -0.25) is 0 Å². The third-order valence-electron chi connectivity index (χ3n) is 4.86. The highest BCUT2D eigenvalue weighted by Crippen LogP contribution is 2.23. The summed E-state index contributed by atoms with van der Waals surface area (Å²) in [6.45, 7) is 4.03. The Labute approximate surface area is 175 Å². The first kappa shape index (κ1) is 19.8. The molecule has 6 nitrogen and oxygen atoms in total. The molecule has 0 aliphatic carbocycles. The van der Waals surface area contributed by atoms with Gasteiger partial charge in [-0.25, -0.2) is 8.42 Å². The van der Waals surface area contributed by atoms with Gasteiger partial charge < -0.3 is 4.90 Å². The molecule has 1 fully saturated rings. The van der Waals surface area contributed by atoms with Gasteiger partial charge in [0.25, 0.3) is 0 Å². The minimum Gasteiger partial charge on any atom is -0.352 e. The highest BCUT2D eigenvalue weighted by atomic mass is 32.2. The number of hydrogen-bond donors (Lipinski definition) is 0. The van der Waals surface area contributed by atoms with Crippen LogP contribution in [-0.2, 0) is 10.0 Å². The van der Waals surface area contributed by atoms with Crippen LogP contribution in [0.25, 0.3) is 16.6 Å². The summed E-state index contributed by atoms with van der Waals surface area (Å²) >= 11 is 1.63. The van der Waals surface area contributed by atoms with Crippen molar-refractivity contribution in [2.45, 2.75) is 6.92 Å². The zero-order chi connectivity index (χ0) is 20.3. The molecule has 8 heteroatoms. The number of anilines is 1. The van der Waals surface area contributed by atoms with Crippen molar-refractivity contribution >= 4 is 33.3 Å². The Kier molecular flexibility index (Phi) is 5.75. The molecule has 3 aromatic rings. The first-order chi connectivity index (χ1) is 14.0. The highest BCUT2D eigenvalue weighted by Gasteiger charge is 2.25. The molecule has 150 valence electrons. The number of nitrogens with zero attached hydrogens (tertiary/aromatic N) is 4. The quantitative estimate of drug-likeness (QED) is 0.623. The lowest BCUT2D eigenvalue weighted by atomic mass is 10.2. The van der Waals surface area contributed by atoms with Crippen molar-refractivity contribution in [2.75, 3.05) is 31.1 Å². The Hall–Kier alpha value is -2.55. The normalized spacial score (nSPS) is 15.8. The molecule has 3 heterocycles. The highest BCUT2D eigenvalue weighted by molar-refractivity contribution is 7.92. The first-order valence-electron chi connectivity index (χ1n) is 9.39. The molecule has 1 aromatic carbocycles. The molecule has 1 saturated heterocycles. The average Bonchev–Trinajstić information content (AvgIpc) is 3.29. The fourth-order valence-electron chi connectivity index (χ4n) is 3.15. The Bertz CT molecular complexity index is 1070. The Morgan fingerprint density at radius 1 is 0.966 bits per heavy atom. The van der Waals surface area contributed by atoms with Crippen LogP contribution < -0.4 is 4.90 Å². The van der Waals surface area contributed by atoms with E-state index in [1.165, 1.54) is 9.71 Å². The second-order valence-corrected chi connectivity index (χ2v) is 9.66. The molecule has 0 atom stereocenters. The van der Waals surface area contributed by atoms with E-state index in [1.54, 1.807) is 17.4 Å². The van der Waals surface area contributed by atoms with E-state index in [1.807, 2.05) is 60.8 Å². The molecule has 2 aromatic heterocycles. The minimum atomic E-state index is -3.44. The number of sulfonamides is 1. The van der Waals surface area contributed by atoms with Crippen molar-refractivity contribution in [1.29, 1.82) is 0 Å². The number of piperazine rings is 1. The topological polar surface area (TPSA) is 66.4 Å². The Morgan fingerprint density at radius 3 is 2.34 bits per heavy atom. The number of hydrogen-bond acceptors (Lipinski definition) is 6. The van der Waals surface area contributed by atoms with Crippen LogP contribution in [0, 0.1) is 6.92 Å². The summed E-state index contributed by atoms with van der Waals surface area (Å²) in [6.07, 6.45) is 1.65. The zero-order valence-corrected chi connectivity index (χ0v) is 17.7. The van der Waals surface area contributed by atoms with Crippen molar-refractivity contribution in [3.05, 3.63) is 70.4 Å². The van der Waals surface area contributed by atoms with Crippen molar-refractivity contribution < 1.29 is 8.42 Å². The number of benzene rings is 1. The largest absolute Gasteiger partial charge is 0.352 e. The van der Waals surface area contributed by atoms with Crippen molar-refractivity contribution in [3.63, 3.8) is 0 Å². The molecule has 4 rings (SSSR count). The van der Waals surface area contributed by atoms with E-state index in [0.29, 0.717) is 26.2 Å². The average molecular weight is 427 g/mol. The molecule has 1 aliphatic heterocycles. The minimum absolute atomic E-state index is 0.426. The molecule has 0 N–H and O–H groups in total. The smallest absolute Gasteiger partial charge is 0.236 e. The van der Waals surface area contributed by atoms with Crippen LogP contribution in [-0.4, -0.2) is 49.1 Å². The van der Waals surface area contributed by atoms with Crippen LogP contribution in [0.4, 0.5) is 5.82 Å². The summed E-state index contributed by atoms with van der Waals surface area (Å²) in [6, 6.07) is 15.7. The molecule has 0 unspecified atom stereocenters. The first-order valence-corrected chi connectivity index (χ1v) is 11.8. The van der Waals surface area contributed by atoms with Crippen LogP contribution in [0.5, 0.6) is 0 Å². The monoisotopic (exact) mass is 426 g/mol. The van der Waals surface area contributed by atoms with E-state index in [2.05, 4.69) is 15.1 Å². The lowest BCUT2D eigenvalue weighted by Gasteiger charge is -2.33. The van der Waals surface area contributed by atoms with Gasteiger partial charge in [0.15, 0.2) is 5.82 Å². The summed E-state index contributed by atoms with van der Waals surface area (Å²) in [7, 11) is -3.44. The van der Waals surface area contributed by atoms with Gasteiger partial charge in [-0.2, -0.15) is 4.31 Å². The van der Waals surface area contributed by atoms with E-state index >= 15 is 0 Å². The van der Waals surface area contributed by atoms with Gasteiger partial charge in [-0.15, -0.1) is 21.5 Å². The van der Waals surface area contributed by atoms with Gasteiger partial charge in [-0.05, 0) is 42.1 Å². The van der Waals surface area contributed by atoms with Gasteiger partial charge in [0.2, 0.25) is 10.0 Å². The van der Waals surface area contributed by atoms with Gasteiger partial charge in [0.05, 0.1) is 4.88 Å². The number of aromatic nitrogens is 2. The maximum Gasteiger partial charge on any atom is 0.236 e. The lowest BCUT2D eigenvalue weighted by Crippen LogP contribution is -2.48. The number of aryl methyl sites for hydroxylation is 1. The molecular weight excluding hydrogens is 404 g/mol. The third kappa shape index (κ3) is 4.72. The Balaban J connectivity index is 1.37. The molecule has 0 spiro atoms. The van der Waals surface area contributed by atoms with E-state index in [9.17, 15) is 8.42 Å². The standard InChI is InChI=1S/C21H22N4O2S2/c1-17-4-6-18(7-5-17)10-16-29(26,27)25-13-11-24(12-14-25)21-9-8-19(22-23-21)20-3-2-15-28-20/h2-10,15-16H,11-14H2,1H3. The Morgan fingerprint density at radius 2 is 1.72 bits per heavy atom. The fourth-order valence-corrected chi connectivity index (χ4v) is 5.01. The van der Waals surface area contributed by atoms with Crippen LogP contribution in [0.2, 0.25) is 0 Å². The van der Waals surface area contributed by atoms with Crippen molar-refractivity contribution in [3.8, 4) is 10.6 Å². The molecular formula is C21H22N4O2S2. The molecule has 0 saturated carbocycles. The predicted molar refractivity (Wildman–Crippen MR) is 118 cm³/mol. The summed E-state index contributed by atoms with van der Waals surface area (Å²) in [5, 5.41) is 11.9. The lowest BCUT2D eigenvalue weighted by molar-refractivity contribution is 0.388. The molecule has 0 bridgehead atoms. The van der Waals surface area contributed by atoms with Crippen LogP contribution in [0.1, 0.15) is 11.1 Å². The number of thiophene rings is 1. The fraction of sp³-hybridized carbons (Fsp3) is 0.238. The predicted octanol–water partition coefficient (Wildman–Crippen LogP) is 3.64. The van der Waals surface area contributed by atoms with Crippen LogP contribution in [0.3, 0.4) is 0 Å². The summed E-state index contributed by atoms with van der Waals surface area (Å²) in [5.74, 6) is 0.776.